The summed E-state index contributed by atoms with van der Waals surface area (Å²) in [4.78, 5) is 0. The summed E-state index contributed by atoms with van der Waals surface area (Å²) in [6.45, 7) is 0. The van der Waals surface area contributed by atoms with E-state index in [2.05, 4.69) is 4.72 Å². The van der Waals surface area contributed by atoms with Crippen molar-refractivity contribution in [3.63, 3.8) is 0 Å². The van der Waals surface area contributed by atoms with Gasteiger partial charge in [-0.1, -0.05) is 60.7 Å². The van der Waals surface area contributed by atoms with Gasteiger partial charge in [-0.05, 0) is 51.6 Å². The fourth-order valence-corrected chi connectivity index (χ4v) is 5.06. The number of hydrogen-bond acceptors (Lipinski definition) is 2. The summed E-state index contributed by atoms with van der Waals surface area (Å²) in [6, 6.07) is 21.7. The average molecular weight is 423 g/mol. The van der Waals surface area contributed by atoms with Gasteiger partial charge in [0.05, 0.1) is 18.1 Å². The Bertz CT molecular complexity index is 1240. The maximum absolute atomic E-state index is 14.7. The second kappa shape index (κ2) is 6.51. The van der Waals surface area contributed by atoms with Crippen molar-refractivity contribution >= 4 is 27.4 Å². The molecule has 1 saturated carbocycles. The van der Waals surface area contributed by atoms with Crippen LogP contribution >= 0.6 is 0 Å². The van der Waals surface area contributed by atoms with Crippen molar-refractivity contribution in [2.45, 2.75) is 17.8 Å². The van der Waals surface area contributed by atoms with Crippen LogP contribution in [0.4, 0.5) is 14.5 Å². The van der Waals surface area contributed by atoms with Gasteiger partial charge in [0.25, 0.3) is 5.92 Å². The van der Waals surface area contributed by atoms with Crippen LogP contribution in [-0.4, -0.2) is 20.6 Å². The van der Waals surface area contributed by atoms with Gasteiger partial charge in [0.1, 0.15) is 0 Å². The fraction of sp³-hybridized carbons (Fsp3) is 0.167. The molecule has 0 aliphatic heterocycles. The Morgan fingerprint density at radius 3 is 2.00 bits per heavy atom. The molecule has 152 valence electrons. The number of rotatable bonds is 3. The Morgan fingerprint density at radius 1 is 0.867 bits per heavy atom. The summed E-state index contributed by atoms with van der Waals surface area (Å²) in [7, 11) is -3.40. The molecule has 5 rings (SSSR count). The van der Waals surface area contributed by atoms with Crippen LogP contribution in [0.5, 0.6) is 0 Å². The molecule has 3 aromatic rings. The minimum atomic E-state index is -3.40. The Balaban J connectivity index is 1.70. The summed E-state index contributed by atoms with van der Waals surface area (Å²) in [5.74, 6) is -4.39. The van der Waals surface area contributed by atoms with E-state index in [0.29, 0.717) is 16.8 Å². The molecule has 0 bridgehead atoms. The van der Waals surface area contributed by atoms with Crippen molar-refractivity contribution in [1.82, 2.24) is 0 Å². The zero-order valence-electron chi connectivity index (χ0n) is 16.1. The lowest BCUT2D eigenvalue weighted by atomic mass is 9.90. The van der Waals surface area contributed by atoms with Crippen LogP contribution < -0.4 is 4.72 Å². The van der Waals surface area contributed by atoms with Gasteiger partial charge in [-0.15, -0.1) is 0 Å². The lowest BCUT2D eigenvalue weighted by Gasteiger charge is -2.15. The second-order valence-corrected chi connectivity index (χ2v) is 9.61. The van der Waals surface area contributed by atoms with E-state index in [9.17, 15) is 17.2 Å². The van der Waals surface area contributed by atoms with E-state index < -0.39 is 27.8 Å². The predicted molar refractivity (Wildman–Crippen MR) is 115 cm³/mol. The SMILES string of the molecule is CS(=O)(=O)Nc1cccc(C=C2c3ccccc3C3C(c4ccccc42)C3(F)F)c1. The first-order chi connectivity index (χ1) is 14.3. The molecule has 0 spiro atoms. The maximum Gasteiger partial charge on any atom is 0.263 e. The normalized spacial score (nSPS) is 21.0. The Labute approximate surface area is 174 Å². The van der Waals surface area contributed by atoms with Crippen molar-refractivity contribution in [1.29, 1.82) is 0 Å². The average Bonchev–Trinajstić information content (AvgIpc) is 3.29. The summed E-state index contributed by atoms with van der Waals surface area (Å²) < 4.78 is 55.1. The highest BCUT2D eigenvalue weighted by molar-refractivity contribution is 7.92. The number of fused-ring (bicyclic) bond motifs is 5. The van der Waals surface area contributed by atoms with Gasteiger partial charge in [-0.25, -0.2) is 17.2 Å². The van der Waals surface area contributed by atoms with E-state index in [4.69, 9.17) is 0 Å². The molecule has 3 nitrogen and oxygen atoms in total. The van der Waals surface area contributed by atoms with Crippen LogP contribution in [0.3, 0.4) is 0 Å². The minimum Gasteiger partial charge on any atom is -0.284 e. The molecular formula is C24H19F2NO2S. The number of sulfonamides is 1. The van der Waals surface area contributed by atoms with E-state index in [0.717, 1.165) is 28.5 Å². The summed E-state index contributed by atoms with van der Waals surface area (Å²) in [5, 5.41) is 0. The highest BCUT2D eigenvalue weighted by Gasteiger charge is 2.70. The molecule has 0 amide bonds. The highest BCUT2D eigenvalue weighted by Crippen LogP contribution is 2.70. The lowest BCUT2D eigenvalue weighted by Crippen LogP contribution is -2.09. The molecule has 1 N–H and O–H groups in total. The Kier molecular flexibility index (Phi) is 4.12. The van der Waals surface area contributed by atoms with Gasteiger partial charge in [0.2, 0.25) is 10.0 Å². The Morgan fingerprint density at radius 2 is 1.43 bits per heavy atom. The standard InChI is InChI=1S/C24H19F2NO2S/c1-30(28,29)27-16-8-6-7-15(13-16)14-21-17-9-2-4-11-19(17)22-23(24(22,25)26)20-12-5-3-10-18(20)21/h2-14,22-23,27H,1H3. The molecule has 0 saturated heterocycles. The maximum atomic E-state index is 14.7. The molecule has 3 aromatic carbocycles. The summed E-state index contributed by atoms with van der Waals surface area (Å²) >= 11 is 0. The van der Waals surface area contributed by atoms with Crippen molar-refractivity contribution in [3.05, 3.63) is 101 Å². The van der Waals surface area contributed by atoms with Crippen molar-refractivity contribution in [2.24, 2.45) is 0 Å². The predicted octanol–water partition coefficient (Wildman–Crippen LogP) is 5.48. The first-order valence-corrected chi connectivity index (χ1v) is 11.5. The molecule has 0 aromatic heterocycles. The Hall–Kier alpha value is -2.99. The number of anilines is 1. The molecule has 2 aliphatic rings. The van der Waals surface area contributed by atoms with Crippen LogP contribution in [-0.2, 0) is 10.0 Å². The number of alkyl halides is 2. The third kappa shape index (κ3) is 3.12. The molecule has 1 fully saturated rings. The molecule has 2 atom stereocenters. The van der Waals surface area contributed by atoms with E-state index in [-0.39, 0.29) is 0 Å². The number of nitrogens with one attached hydrogen (secondary N) is 1. The third-order valence-electron chi connectivity index (χ3n) is 5.73. The first kappa shape index (κ1) is 19.0. The van der Waals surface area contributed by atoms with Crippen LogP contribution in [0, 0.1) is 0 Å². The zero-order chi connectivity index (χ0) is 21.1. The van der Waals surface area contributed by atoms with Crippen molar-refractivity contribution in [3.8, 4) is 0 Å². The molecule has 0 heterocycles. The summed E-state index contributed by atoms with van der Waals surface area (Å²) in [6.07, 6.45) is 3.04. The third-order valence-corrected chi connectivity index (χ3v) is 6.33. The van der Waals surface area contributed by atoms with Crippen LogP contribution in [0.1, 0.15) is 39.7 Å². The number of benzene rings is 3. The molecule has 2 aliphatic carbocycles. The van der Waals surface area contributed by atoms with Gasteiger partial charge in [0.15, 0.2) is 0 Å². The zero-order valence-corrected chi connectivity index (χ0v) is 17.0. The molecular weight excluding hydrogens is 404 g/mol. The van der Waals surface area contributed by atoms with Gasteiger partial charge in [-0.2, -0.15) is 0 Å². The van der Waals surface area contributed by atoms with E-state index in [1.54, 1.807) is 42.5 Å². The van der Waals surface area contributed by atoms with Gasteiger partial charge < -0.3 is 0 Å². The number of halogens is 2. The minimum absolute atomic E-state index is 0.455. The highest BCUT2D eigenvalue weighted by atomic mass is 32.2. The lowest BCUT2D eigenvalue weighted by molar-refractivity contribution is 0.105. The van der Waals surface area contributed by atoms with Crippen molar-refractivity contribution in [2.75, 3.05) is 11.0 Å². The van der Waals surface area contributed by atoms with Gasteiger partial charge in [-0.3, -0.25) is 4.72 Å². The van der Waals surface area contributed by atoms with Crippen LogP contribution in [0.15, 0.2) is 72.8 Å². The summed E-state index contributed by atoms with van der Waals surface area (Å²) in [5.41, 5.74) is 4.98. The van der Waals surface area contributed by atoms with E-state index >= 15 is 0 Å². The van der Waals surface area contributed by atoms with E-state index in [1.807, 2.05) is 36.4 Å². The van der Waals surface area contributed by atoms with Crippen molar-refractivity contribution < 1.29 is 17.2 Å². The largest absolute Gasteiger partial charge is 0.284 e. The van der Waals surface area contributed by atoms with Crippen LogP contribution in [0.25, 0.3) is 11.6 Å². The molecule has 6 heteroatoms. The van der Waals surface area contributed by atoms with Gasteiger partial charge >= 0.3 is 0 Å². The molecule has 0 radical (unpaired) electrons. The van der Waals surface area contributed by atoms with E-state index in [1.165, 1.54) is 0 Å². The quantitative estimate of drug-likeness (QED) is 0.607. The first-order valence-electron chi connectivity index (χ1n) is 9.62. The fourth-order valence-electron chi connectivity index (χ4n) is 4.50. The van der Waals surface area contributed by atoms with Crippen LogP contribution in [0.2, 0.25) is 0 Å². The smallest absolute Gasteiger partial charge is 0.263 e. The second-order valence-electron chi connectivity index (χ2n) is 7.86. The topological polar surface area (TPSA) is 46.2 Å². The van der Waals surface area contributed by atoms with Gasteiger partial charge in [0, 0.05) is 5.69 Å². The number of hydrogen-bond donors (Lipinski definition) is 1. The monoisotopic (exact) mass is 423 g/mol. The molecule has 2 unspecified atom stereocenters. The molecule has 30 heavy (non-hydrogen) atoms.